The van der Waals surface area contributed by atoms with Crippen LogP contribution in [0.15, 0.2) is 61.2 Å². The Balaban J connectivity index is 1.41. The highest BCUT2D eigenvalue weighted by atomic mass is 16.5. The smallest absolute Gasteiger partial charge is 0.144 e. The predicted octanol–water partition coefficient (Wildman–Crippen LogP) is 2.31. The first kappa shape index (κ1) is 17.7. The second kappa shape index (κ2) is 7.90. The summed E-state index contributed by atoms with van der Waals surface area (Å²) in [5.74, 6) is 1.04. The van der Waals surface area contributed by atoms with Gasteiger partial charge in [-0.1, -0.05) is 12.1 Å². The van der Waals surface area contributed by atoms with E-state index < -0.39 is 0 Å². The number of nitrogens with zero attached hydrogens (tertiary/aromatic N) is 4. The van der Waals surface area contributed by atoms with Gasteiger partial charge in [-0.2, -0.15) is 5.10 Å². The number of hydrogen-bond acceptors (Lipinski definition) is 5. The first-order valence-corrected chi connectivity index (χ1v) is 9.19. The minimum Gasteiger partial charge on any atom is -0.494 e. The van der Waals surface area contributed by atoms with Gasteiger partial charge in [0.2, 0.25) is 0 Å². The molecule has 1 aliphatic rings. The number of pyridine rings is 1. The largest absolute Gasteiger partial charge is 0.494 e. The molecule has 1 aliphatic heterocycles. The molecule has 2 aromatic heterocycles. The molecule has 0 radical (unpaired) electrons. The fourth-order valence-corrected chi connectivity index (χ4v) is 3.74. The van der Waals surface area contributed by atoms with Crippen LogP contribution < -0.4 is 4.74 Å². The molecule has 3 aromatic rings. The van der Waals surface area contributed by atoms with Gasteiger partial charge in [-0.3, -0.25) is 9.88 Å². The molecular weight excluding hydrogens is 340 g/mol. The van der Waals surface area contributed by atoms with Gasteiger partial charge in [0.05, 0.1) is 19.4 Å². The van der Waals surface area contributed by atoms with Crippen LogP contribution in [0.3, 0.4) is 0 Å². The van der Waals surface area contributed by atoms with E-state index in [2.05, 4.69) is 15.0 Å². The third kappa shape index (κ3) is 4.02. The van der Waals surface area contributed by atoms with E-state index in [-0.39, 0.29) is 12.0 Å². The molecule has 0 aliphatic carbocycles. The molecule has 1 saturated heterocycles. The van der Waals surface area contributed by atoms with Crippen LogP contribution in [0.2, 0.25) is 0 Å². The van der Waals surface area contributed by atoms with Gasteiger partial charge in [-0.15, -0.1) is 0 Å². The van der Waals surface area contributed by atoms with E-state index >= 15 is 0 Å². The van der Waals surface area contributed by atoms with E-state index in [1.54, 1.807) is 19.5 Å². The Morgan fingerprint density at radius 1 is 1.11 bits per heavy atom. The molecule has 3 heterocycles. The van der Waals surface area contributed by atoms with Crippen molar-refractivity contribution in [3.8, 4) is 11.4 Å². The molecule has 0 amide bonds. The topological polar surface area (TPSA) is 63.4 Å². The maximum absolute atomic E-state index is 10.5. The predicted molar refractivity (Wildman–Crippen MR) is 103 cm³/mol. The van der Waals surface area contributed by atoms with Gasteiger partial charge in [0, 0.05) is 49.7 Å². The minimum absolute atomic E-state index is 0.247. The lowest BCUT2D eigenvalue weighted by molar-refractivity contribution is 0.141. The van der Waals surface area contributed by atoms with Crippen LogP contribution in [0.5, 0.6) is 5.75 Å². The molecule has 1 N–H and O–H groups in total. The van der Waals surface area contributed by atoms with E-state index in [0.29, 0.717) is 6.54 Å². The number of para-hydroxylation sites is 2. The van der Waals surface area contributed by atoms with Crippen LogP contribution in [-0.4, -0.2) is 51.1 Å². The Bertz CT molecular complexity index is 881. The maximum atomic E-state index is 10.5. The minimum atomic E-state index is -0.303. The summed E-state index contributed by atoms with van der Waals surface area (Å²) in [6.07, 6.45) is 8.10. The number of aromatic nitrogens is 3. The highest BCUT2D eigenvalue weighted by Crippen LogP contribution is 2.25. The molecule has 27 heavy (non-hydrogen) atoms. The van der Waals surface area contributed by atoms with Crippen LogP contribution in [0.4, 0.5) is 0 Å². The first-order valence-electron chi connectivity index (χ1n) is 9.19. The number of benzene rings is 1. The molecule has 0 spiro atoms. The molecule has 1 aromatic carbocycles. The van der Waals surface area contributed by atoms with E-state index in [0.717, 1.165) is 36.5 Å². The number of methoxy groups -OCH3 is 1. The van der Waals surface area contributed by atoms with Crippen LogP contribution in [0.1, 0.15) is 11.1 Å². The van der Waals surface area contributed by atoms with Gasteiger partial charge >= 0.3 is 0 Å². The zero-order valence-electron chi connectivity index (χ0n) is 15.4. The van der Waals surface area contributed by atoms with Crippen molar-refractivity contribution >= 4 is 0 Å². The van der Waals surface area contributed by atoms with Crippen molar-refractivity contribution in [3.63, 3.8) is 0 Å². The first-order chi connectivity index (χ1) is 13.2. The summed E-state index contributed by atoms with van der Waals surface area (Å²) in [7, 11) is 1.66. The fourth-order valence-electron chi connectivity index (χ4n) is 3.74. The second-order valence-corrected chi connectivity index (χ2v) is 7.05. The van der Waals surface area contributed by atoms with Crippen molar-refractivity contribution in [1.82, 2.24) is 19.7 Å². The Labute approximate surface area is 159 Å². The number of likely N-dealkylation sites (tertiary alicyclic amines) is 1. The molecule has 0 saturated carbocycles. The van der Waals surface area contributed by atoms with Crippen LogP contribution >= 0.6 is 0 Å². The third-order valence-electron chi connectivity index (χ3n) is 5.10. The third-order valence-corrected chi connectivity index (χ3v) is 5.10. The number of rotatable bonds is 6. The normalized spacial score (nSPS) is 20.1. The number of hydrogen-bond donors (Lipinski definition) is 1. The summed E-state index contributed by atoms with van der Waals surface area (Å²) in [5, 5.41) is 14.9. The fraction of sp³-hybridized carbons (Fsp3) is 0.333. The second-order valence-electron chi connectivity index (χ2n) is 7.05. The number of aliphatic hydroxyl groups is 1. The zero-order chi connectivity index (χ0) is 18.6. The quantitative estimate of drug-likeness (QED) is 0.727. The van der Waals surface area contributed by atoms with E-state index in [1.165, 1.54) is 5.56 Å². The highest BCUT2D eigenvalue weighted by molar-refractivity contribution is 5.46. The molecule has 1 fully saturated rings. The number of β-amino-alcohol motifs (C(OH)–C–C–N with tert-alkyl or cyclic N) is 1. The molecule has 6 nitrogen and oxygen atoms in total. The van der Waals surface area contributed by atoms with Crippen LogP contribution in [0.25, 0.3) is 5.69 Å². The van der Waals surface area contributed by atoms with E-state index in [9.17, 15) is 5.11 Å². The summed E-state index contributed by atoms with van der Waals surface area (Å²) in [6.45, 7) is 2.35. The molecule has 0 bridgehead atoms. The number of ether oxygens (including phenoxy) is 1. The molecule has 140 valence electrons. The summed E-state index contributed by atoms with van der Waals surface area (Å²) in [4.78, 5) is 6.35. The average Bonchev–Trinajstić information content (AvgIpc) is 3.29. The van der Waals surface area contributed by atoms with Crippen molar-refractivity contribution in [1.29, 1.82) is 0 Å². The summed E-state index contributed by atoms with van der Waals surface area (Å²) >= 11 is 0. The van der Waals surface area contributed by atoms with Gasteiger partial charge < -0.3 is 9.84 Å². The van der Waals surface area contributed by atoms with Gasteiger partial charge in [0.1, 0.15) is 11.4 Å². The van der Waals surface area contributed by atoms with Crippen molar-refractivity contribution in [2.45, 2.75) is 19.1 Å². The van der Waals surface area contributed by atoms with Crippen LogP contribution in [-0.2, 0) is 13.0 Å². The Hall–Kier alpha value is -2.70. The Morgan fingerprint density at radius 2 is 1.93 bits per heavy atom. The van der Waals surface area contributed by atoms with Crippen molar-refractivity contribution in [2.24, 2.45) is 5.92 Å². The van der Waals surface area contributed by atoms with Crippen LogP contribution in [0, 0.1) is 5.92 Å². The number of aliphatic hydroxyl groups excluding tert-OH is 1. The van der Waals surface area contributed by atoms with Crippen molar-refractivity contribution in [2.75, 3.05) is 20.2 Å². The lowest BCUT2D eigenvalue weighted by Crippen LogP contribution is -2.21. The summed E-state index contributed by atoms with van der Waals surface area (Å²) < 4.78 is 7.26. The average molecular weight is 364 g/mol. The molecule has 0 unspecified atom stereocenters. The molecule has 4 rings (SSSR count). The monoisotopic (exact) mass is 364 g/mol. The lowest BCUT2D eigenvalue weighted by atomic mass is 9.97. The standard InChI is InChI=1S/C21H24N4O2/c1-27-21-5-3-2-4-19(21)25-13-17(11-23-25)12-24-14-18(20(26)15-24)10-16-6-8-22-9-7-16/h2-9,11,13,18,20,26H,10,12,14-15H2,1H3/t18-,20+/m1/s1. The van der Waals surface area contributed by atoms with Gasteiger partial charge in [-0.05, 0) is 36.2 Å². The van der Waals surface area contributed by atoms with Gasteiger partial charge in [0.15, 0.2) is 0 Å². The maximum Gasteiger partial charge on any atom is 0.144 e. The van der Waals surface area contributed by atoms with Crippen molar-refractivity contribution < 1.29 is 9.84 Å². The summed E-state index contributed by atoms with van der Waals surface area (Å²) in [5.41, 5.74) is 3.26. The molecule has 6 heteroatoms. The highest BCUT2D eigenvalue weighted by Gasteiger charge is 2.31. The van der Waals surface area contributed by atoms with E-state index in [1.807, 2.05) is 53.5 Å². The Morgan fingerprint density at radius 3 is 2.74 bits per heavy atom. The SMILES string of the molecule is COc1ccccc1-n1cc(CN2C[C@@H](Cc3ccncc3)[C@@H](O)C2)cn1. The van der Waals surface area contributed by atoms with Gasteiger partial charge in [-0.25, -0.2) is 4.68 Å². The van der Waals surface area contributed by atoms with Gasteiger partial charge in [0.25, 0.3) is 0 Å². The molecular formula is C21H24N4O2. The summed E-state index contributed by atoms with van der Waals surface area (Å²) in [6, 6.07) is 11.9. The van der Waals surface area contributed by atoms with Crippen molar-refractivity contribution in [3.05, 3.63) is 72.3 Å². The molecule has 2 atom stereocenters. The Kier molecular flexibility index (Phi) is 5.18. The van der Waals surface area contributed by atoms with E-state index in [4.69, 9.17) is 4.74 Å². The lowest BCUT2D eigenvalue weighted by Gasteiger charge is -2.14. The zero-order valence-corrected chi connectivity index (χ0v) is 15.4.